The molecule has 0 unspecified atom stereocenters. The Hall–Kier alpha value is -1.64. The van der Waals surface area contributed by atoms with Gasteiger partial charge in [-0.25, -0.2) is 9.78 Å². The molecule has 2 heteroatoms. The molecule has 0 aliphatic heterocycles. The van der Waals surface area contributed by atoms with Crippen molar-refractivity contribution in [3.63, 3.8) is 0 Å². The van der Waals surface area contributed by atoms with E-state index < -0.39 is 0 Å². The Morgan fingerprint density at radius 3 is 1.00 bits per heavy atom. The van der Waals surface area contributed by atoms with Gasteiger partial charge in [-0.1, -0.05) is 60.7 Å². The van der Waals surface area contributed by atoms with Crippen LogP contribution in [0.15, 0.2) is 60.7 Å². The molecule has 0 bridgehead atoms. The summed E-state index contributed by atoms with van der Waals surface area (Å²) in [6.45, 7) is 11.7. The average molecular weight is 300 g/mol. The molecule has 0 radical (unpaired) electrons. The normalized spacial score (nSPS) is 11.5. The summed E-state index contributed by atoms with van der Waals surface area (Å²) in [6, 6.07) is 20.8. The van der Waals surface area contributed by atoms with Crippen LogP contribution in [0.4, 0.5) is 0 Å². The summed E-state index contributed by atoms with van der Waals surface area (Å²) >= 11 is 0. The molecule has 0 fully saturated rings. The zero-order valence-electron chi connectivity index (χ0n) is 14.6. The van der Waals surface area contributed by atoms with E-state index in [4.69, 9.17) is 9.78 Å². The summed E-state index contributed by atoms with van der Waals surface area (Å²) in [5, 5.41) is 0. The van der Waals surface area contributed by atoms with Crippen molar-refractivity contribution in [2.45, 2.75) is 52.7 Å². The van der Waals surface area contributed by atoms with Gasteiger partial charge in [-0.15, -0.1) is 0 Å². The number of benzene rings is 2. The van der Waals surface area contributed by atoms with Crippen molar-refractivity contribution in [2.75, 3.05) is 0 Å². The summed E-state index contributed by atoms with van der Waals surface area (Å²) < 4.78 is 0. The molecule has 0 N–H and O–H groups in total. The van der Waals surface area contributed by atoms with Gasteiger partial charge in [0, 0.05) is 0 Å². The molecular formula is C20H28O2. The fraction of sp³-hybridized carbons (Fsp3) is 0.400. The summed E-state index contributed by atoms with van der Waals surface area (Å²) in [6.07, 6.45) is 0. The molecule has 0 saturated carbocycles. The third kappa shape index (κ3) is 8.60. The molecule has 0 atom stereocenters. The van der Waals surface area contributed by atoms with E-state index in [1.807, 2.05) is 53.7 Å². The molecule has 0 saturated heterocycles. The summed E-state index contributed by atoms with van der Waals surface area (Å²) in [5.41, 5.74) is 2.12. The van der Waals surface area contributed by atoms with Crippen molar-refractivity contribution in [3.05, 3.63) is 60.7 Å². The second kappa shape index (κ2) is 8.11. The van der Waals surface area contributed by atoms with E-state index in [2.05, 4.69) is 48.5 Å². The van der Waals surface area contributed by atoms with Crippen LogP contribution in [-0.4, -0.2) is 11.2 Å². The average Bonchev–Trinajstić information content (AvgIpc) is 2.47. The largest absolute Gasteiger partial charge is 0.230 e. The van der Waals surface area contributed by atoms with Crippen LogP contribution in [0.5, 0.6) is 0 Å². The van der Waals surface area contributed by atoms with E-state index in [-0.39, 0.29) is 11.2 Å². The Morgan fingerprint density at radius 1 is 0.500 bits per heavy atom. The van der Waals surface area contributed by atoms with E-state index in [1.165, 1.54) is 11.1 Å². The predicted octanol–water partition coefficient (Wildman–Crippen LogP) is 5.89. The quantitative estimate of drug-likeness (QED) is 0.509. The van der Waals surface area contributed by atoms with Gasteiger partial charge in [0.15, 0.2) is 0 Å². The minimum absolute atomic E-state index is 0.215. The molecule has 0 spiro atoms. The number of hydrogen-bond acceptors (Lipinski definition) is 2. The highest BCUT2D eigenvalue weighted by Gasteiger charge is 2.18. The first-order chi connectivity index (χ1) is 10.2. The van der Waals surface area contributed by atoms with Gasteiger partial charge in [0.2, 0.25) is 0 Å². The lowest BCUT2D eigenvalue weighted by atomic mass is 10.1. The Balaban J connectivity index is 0.000000225. The fourth-order valence-electron chi connectivity index (χ4n) is 1.51. The van der Waals surface area contributed by atoms with E-state index in [9.17, 15) is 0 Å². The first-order valence-electron chi connectivity index (χ1n) is 7.65. The smallest absolute Gasteiger partial charge is 0.0952 e. The van der Waals surface area contributed by atoms with Crippen LogP contribution in [0.3, 0.4) is 0 Å². The zero-order chi connectivity index (χ0) is 16.6. The third-order valence-electron chi connectivity index (χ3n) is 2.42. The highest BCUT2D eigenvalue weighted by Crippen LogP contribution is 2.17. The van der Waals surface area contributed by atoms with Gasteiger partial charge in [0.05, 0.1) is 11.2 Å². The molecule has 0 aliphatic rings. The van der Waals surface area contributed by atoms with Crippen LogP contribution in [0, 0.1) is 0 Å². The maximum atomic E-state index is 5.09. The van der Waals surface area contributed by atoms with Crippen molar-refractivity contribution in [1.29, 1.82) is 0 Å². The molecule has 2 rings (SSSR count). The molecule has 120 valence electrons. The molecule has 2 aromatic rings. The van der Waals surface area contributed by atoms with Gasteiger partial charge in [-0.05, 0) is 52.7 Å². The molecule has 0 aliphatic carbocycles. The van der Waals surface area contributed by atoms with E-state index >= 15 is 0 Å². The van der Waals surface area contributed by atoms with E-state index in [0.29, 0.717) is 0 Å². The van der Waals surface area contributed by atoms with Crippen LogP contribution in [-0.2, 0) is 9.78 Å². The maximum Gasteiger partial charge on any atom is 0.0952 e. The predicted molar refractivity (Wildman–Crippen MR) is 93.6 cm³/mol. The minimum Gasteiger partial charge on any atom is -0.230 e. The highest BCUT2D eigenvalue weighted by molar-refractivity contribution is 5.62. The summed E-state index contributed by atoms with van der Waals surface area (Å²) in [7, 11) is 0. The van der Waals surface area contributed by atoms with Gasteiger partial charge >= 0.3 is 0 Å². The van der Waals surface area contributed by atoms with E-state index in [1.54, 1.807) is 0 Å². The van der Waals surface area contributed by atoms with Gasteiger partial charge in [0.1, 0.15) is 0 Å². The third-order valence-corrected chi connectivity index (χ3v) is 2.42. The molecule has 2 nitrogen and oxygen atoms in total. The highest BCUT2D eigenvalue weighted by atomic mass is 17.2. The monoisotopic (exact) mass is 300 g/mol. The minimum atomic E-state index is -0.215. The second-order valence-electron chi connectivity index (χ2n) is 7.12. The lowest BCUT2D eigenvalue weighted by molar-refractivity contribution is -0.393. The van der Waals surface area contributed by atoms with Gasteiger partial charge in [-0.2, -0.15) is 0 Å². The molecule has 22 heavy (non-hydrogen) atoms. The Morgan fingerprint density at radius 2 is 0.773 bits per heavy atom. The van der Waals surface area contributed by atoms with E-state index in [0.717, 1.165) is 0 Å². The summed E-state index contributed by atoms with van der Waals surface area (Å²) in [4.78, 5) is 10.2. The second-order valence-corrected chi connectivity index (χ2v) is 7.12. The van der Waals surface area contributed by atoms with Gasteiger partial charge in [-0.3, -0.25) is 0 Å². The maximum absolute atomic E-state index is 5.09. The fourth-order valence-corrected chi connectivity index (χ4v) is 1.51. The SMILES string of the molecule is CC(C)(C)OOC(C)(C)C.c1ccc(-c2ccccc2)cc1. The molecule has 0 aromatic heterocycles. The van der Waals surface area contributed by atoms with Crippen molar-refractivity contribution in [3.8, 4) is 11.1 Å². The Bertz CT molecular complexity index is 468. The Labute approximate surface area is 135 Å². The van der Waals surface area contributed by atoms with Crippen LogP contribution >= 0.6 is 0 Å². The first kappa shape index (κ1) is 18.4. The lowest BCUT2D eigenvalue weighted by Gasteiger charge is -2.24. The standard InChI is InChI=1S/C12H10.C8H18O2/c1-3-7-11(8-4-1)12-9-5-2-6-10-12;1-7(2,3)9-10-8(4,5)6/h1-10H;1-6H3. The molecular weight excluding hydrogens is 272 g/mol. The van der Waals surface area contributed by atoms with Crippen LogP contribution in [0.25, 0.3) is 11.1 Å². The Kier molecular flexibility index (Phi) is 6.79. The summed E-state index contributed by atoms with van der Waals surface area (Å²) in [5.74, 6) is 0. The van der Waals surface area contributed by atoms with Gasteiger partial charge < -0.3 is 0 Å². The topological polar surface area (TPSA) is 18.5 Å². The first-order valence-corrected chi connectivity index (χ1v) is 7.65. The van der Waals surface area contributed by atoms with Crippen molar-refractivity contribution < 1.29 is 9.78 Å². The number of rotatable bonds is 2. The van der Waals surface area contributed by atoms with Crippen LogP contribution < -0.4 is 0 Å². The number of hydrogen-bond donors (Lipinski definition) is 0. The lowest BCUT2D eigenvalue weighted by Crippen LogP contribution is -2.27. The van der Waals surface area contributed by atoms with Crippen molar-refractivity contribution >= 4 is 0 Å². The van der Waals surface area contributed by atoms with Crippen molar-refractivity contribution in [1.82, 2.24) is 0 Å². The zero-order valence-corrected chi connectivity index (χ0v) is 14.6. The van der Waals surface area contributed by atoms with Crippen LogP contribution in [0.2, 0.25) is 0 Å². The molecule has 0 heterocycles. The van der Waals surface area contributed by atoms with Crippen molar-refractivity contribution in [2.24, 2.45) is 0 Å². The molecule has 0 amide bonds. The van der Waals surface area contributed by atoms with Gasteiger partial charge in [0.25, 0.3) is 0 Å². The molecule has 2 aromatic carbocycles. The van der Waals surface area contributed by atoms with Crippen LogP contribution in [0.1, 0.15) is 41.5 Å².